The molecule has 3 heterocycles. The molecule has 5 nitrogen and oxygen atoms in total. The number of halogens is 1. The smallest absolute Gasteiger partial charge is 0.270 e. The lowest BCUT2D eigenvalue weighted by molar-refractivity contribution is 0.0921. The molecule has 0 fully saturated rings. The van der Waals surface area contributed by atoms with Crippen LogP contribution < -0.4 is 10.6 Å². The summed E-state index contributed by atoms with van der Waals surface area (Å²) in [6.07, 6.45) is 1.61. The third-order valence-corrected chi connectivity index (χ3v) is 6.75. The molecule has 0 aliphatic carbocycles. The van der Waals surface area contributed by atoms with E-state index in [0.29, 0.717) is 17.1 Å². The molecule has 0 saturated carbocycles. The molecule has 0 aliphatic rings. The van der Waals surface area contributed by atoms with Crippen LogP contribution in [0.15, 0.2) is 63.0 Å². The molecule has 1 atom stereocenters. The highest BCUT2D eigenvalue weighted by molar-refractivity contribution is 9.10. The molecule has 0 radical (unpaired) electrons. The van der Waals surface area contributed by atoms with Crippen LogP contribution in [-0.2, 0) is 0 Å². The lowest BCUT2D eigenvalue weighted by Gasteiger charge is -2.21. The summed E-state index contributed by atoms with van der Waals surface area (Å²) in [5.41, 5.74) is 2.93. The van der Waals surface area contributed by atoms with Crippen molar-refractivity contribution >= 4 is 55.6 Å². The van der Waals surface area contributed by atoms with Crippen molar-refractivity contribution in [2.45, 2.75) is 26.8 Å². The number of nitrogens with zero attached hydrogens (tertiary/aromatic N) is 1. The van der Waals surface area contributed by atoms with E-state index >= 15 is 0 Å². The van der Waals surface area contributed by atoms with Gasteiger partial charge in [0.1, 0.15) is 17.1 Å². The van der Waals surface area contributed by atoms with E-state index in [4.69, 9.17) is 4.42 Å². The summed E-state index contributed by atoms with van der Waals surface area (Å²) in [4.78, 5) is 18.8. The van der Waals surface area contributed by atoms with E-state index in [9.17, 15) is 4.79 Å². The van der Waals surface area contributed by atoms with Gasteiger partial charge in [-0.25, -0.2) is 4.98 Å². The van der Waals surface area contributed by atoms with Crippen LogP contribution in [0.2, 0.25) is 0 Å². The molecular formula is C23H22BrN3O2S. The number of hydrogen-bond donors (Lipinski definition) is 2. The minimum absolute atomic E-state index is 0.0721. The molecule has 1 amide bonds. The molecule has 4 rings (SSSR count). The summed E-state index contributed by atoms with van der Waals surface area (Å²) in [7, 11) is 0. The predicted octanol–water partition coefficient (Wildman–Crippen LogP) is 6.83. The van der Waals surface area contributed by atoms with E-state index < -0.39 is 0 Å². The Kier molecular flexibility index (Phi) is 5.92. The Morgan fingerprint density at radius 3 is 2.73 bits per heavy atom. The second kappa shape index (κ2) is 8.62. The van der Waals surface area contributed by atoms with Crippen molar-refractivity contribution in [1.82, 2.24) is 10.3 Å². The lowest BCUT2D eigenvalue weighted by atomic mass is 10.0. The molecule has 4 aromatic rings. The third-order valence-electron chi connectivity index (χ3n) is 4.91. The summed E-state index contributed by atoms with van der Waals surface area (Å²) in [6, 6.07) is 13.5. The quantitative estimate of drug-likeness (QED) is 0.315. The third kappa shape index (κ3) is 4.27. The van der Waals surface area contributed by atoms with Crippen molar-refractivity contribution in [2.24, 2.45) is 5.92 Å². The number of furan rings is 1. The number of amides is 1. The minimum atomic E-state index is -0.226. The number of hydrogen-bond acceptors (Lipinski definition) is 5. The SMILES string of the molecule is Cc1cc(Nc2nc(C(=O)N[C@@H](c3cccs3)C(C)C)cc3occc23)ccc1Br. The molecule has 0 spiro atoms. The van der Waals surface area contributed by atoms with Crippen LogP contribution in [-0.4, -0.2) is 10.9 Å². The second-order valence-electron chi connectivity index (χ2n) is 7.49. The maximum atomic E-state index is 13.1. The van der Waals surface area contributed by atoms with E-state index in [1.165, 1.54) is 0 Å². The monoisotopic (exact) mass is 483 g/mol. The molecule has 3 aromatic heterocycles. The zero-order valence-corrected chi connectivity index (χ0v) is 19.3. The molecule has 30 heavy (non-hydrogen) atoms. The molecule has 1 aromatic carbocycles. The maximum Gasteiger partial charge on any atom is 0.270 e. The molecular weight excluding hydrogens is 462 g/mol. The second-order valence-corrected chi connectivity index (χ2v) is 9.32. The van der Waals surface area contributed by atoms with E-state index in [-0.39, 0.29) is 17.9 Å². The van der Waals surface area contributed by atoms with Gasteiger partial charge in [0.05, 0.1) is 17.7 Å². The zero-order chi connectivity index (χ0) is 21.3. The van der Waals surface area contributed by atoms with Crippen molar-refractivity contribution in [3.05, 3.63) is 74.7 Å². The number of anilines is 2. The van der Waals surface area contributed by atoms with E-state index in [0.717, 1.165) is 26.0 Å². The van der Waals surface area contributed by atoms with Gasteiger partial charge in [0.2, 0.25) is 0 Å². The van der Waals surface area contributed by atoms with E-state index in [1.54, 1.807) is 23.7 Å². The Labute approximate surface area is 187 Å². The first-order valence-electron chi connectivity index (χ1n) is 9.68. The Hall–Kier alpha value is -2.64. The highest BCUT2D eigenvalue weighted by atomic mass is 79.9. The predicted molar refractivity (Wildman–Crippen MR) is 126 cm³/mol. The number of pyridine rings is 1. The van der Waals surface area contributed by atoms with Crippen molar-refractivity contribution < 1.29 is 9.21 Å². The molecule has 0 saturated heterocycles. The van der Waals surface area contributed by atoms with Crippen LogP contribution >= 0.6 is 27.3 Å². The maximum absolute atomic E-state index is 13.1. The highest BCUT2D eigenvalue weighted by Crippen LogP contribution is 2.30. The molecule has 7 heteroatoms. The van der Waals surface area contributed by atoms with Gasteiger partial charge in [-0.2, -0.15) is 0 Å². The number of thiophene rings is 1. The Balaban J connectivity index is 1.66. The normalized spacial score (nSPS) is 12.3. The van der Waals surface area contributed by atoms with Crippen molar-refractivity contribution in [2.75, 3.05) is 5.32 Å². The average molecular weight is 484 g/mol. The van der Waals surface area contributed by atoms with Crippen LogP contribution in [0.4, 0.5) is 11.5 Å². The number of carbonyl (C=O) groups excluding carboxylic acids is 1. The van der Waals surface area contributed by atoms with Gasteiger partial charge in [0.25, 0.3) is 5.91 Å². The summed E-state index contributed by atoms with van der Waals surface area (Å²) < 4.78 is 6.63. The number of aryl methyl sites for hydroxylation is 1. The highest BCUT2D eigenvalue weighted by Gasteiger charge is 2.22. The Bertz CT molecular complexity index is 1180. The number of rotatable bonds is 6. The summed E-state index contributed by atoms with van der Waals surface area (Å²) in [6.45, 7) is 6.21. The van der Waals surface area contributed by atoms with Crippen LogP contribution in [0.3, 0.4) is 0 Å². The summed E-state index contributed by atoms with van der Waals surface area (Å²) in [5.74, 6) is 0.615. The van der Waals surface area contributed by atoms with Gasteiger partial charge in [0.15, 0.2) is 0 Å². The first-order chi connectivity index (χ1) is 14.4. The standard InChI is InChI=1S/C23H22BrN3O2S/c1-13(2)21(20-5-4-10-30-20)27-23(28)18-12-19-16(8-9-29-19)22(26-18)25-15-6-7-17(24)14(3)11-15/h4-13,21H,1-3H3,(H,25,26)(H,27,28)/t21-/m1/s1. The van der Waals surface area contributed by atoms with Crippen molar-refractivity contribution in [3.63, 3.8) is 0 Å². The van der Waals surface area contributed by atoms with Gasteiger partial charge in [-0.3, -0.25) is 4.79 Å². The lowest BCUT2D eigenvalue weighted by Crippen LogP contribution is -2.31. The van der Waals surface area contributed by atoms with Crippen LogP contribution in [0.1, 0.15) is 40.8 Å². The molecule has 0 aliphatic heterocycles. The number of nitrogens with one attached hydrogen (secondary N) is 2. The number of fused-ring (bicyclic) bond motifs is 1. The molecule has 0 unspecified atom stereocenters. The Morgan fingerprint density at radius 2 is 2.03 bits per heavy atom. The van der Waals surface area contributed by atoms with Crippen LogP contribution in [0.25, 0.3) is 11.0 Å². The Morgan fingerprint density at radius 1 is 1.20 bits per heavy atom. The van der Waals surface area contributed by atoms with E-state index in [2.05, 4.69) is 45.4 Å². The van der Waals surface area contributed by atoms with Gasteiger partial charge in [-0.05, 0) is 54.1 Å². The van der Waals surface area contributed by atoms with Crippen molar-refractivity contribution in [1.29, 1.82) is 0 Å². The fourth-order valence-electron chi connectivity index (χ4n) is 3.29. The van der Waals surface area contributed by atoms with Gasteiger partial charge >= 0.3 is 0 Å². The van der Waals surface area contributed by atoms with Crippen molar-refractivity contribution in [3.8, 4) is 0 Å². The van der Waals surface area contributed by atoms with Crippen LogP contribution in [0.5, 0.6) is 0 Å². The zero-order valence-electron chi connectivity index (χ0n) is 16.9. The van der Waals surface area contributed by atoms with Gasteiger partial charge < -0.3 is 15.1 Å². The molecule has 2 N–H and O–H groups in total. The largest absolute Gasteiger partial charge is 0.464 e. The minimum Gasteiger partial charge on any atom is -0.464 e. The number of benzene rings is 1. The topological polar surface area (TPSA) is 67.2 Å². The molecule has 154 valence electrons. The van der Waals surface area contributed by atoms with Gasteiger partial charge in [0, 0.05) is 21.1 Å². The fraction of sp³-hybridized carbons (Fsp3) is 0.217. The van der Waals surface area contributed by atoms with Gasteiger partial charge in [-0.1, -0.05) is 35.8 Å². The number of aromatic nitrogens is 1. The average Bonchev–Trinajstić information content (AvgIpc) is 3.40. The van der Waals surface area contributed by atoms with E-state index in [1.807, 2.05) is 48.7 Å². The first kappa shape index (κ1) is 20.6. The molecule has 0 bridgehead atoms. The van der Waals surface area contributed by atoms with Gasteiger partial charge in [-0.15, -0.1) is 11.3 Å². The fourth-order valence-corrected chi connectivity index (χ4v) is 4.48. The number of carbonyl (C=O) groups is 1. The first-order valence-corrected chi connectivity index (χ1v) is 11.4. The summed E-state index contributed by atoms with van der Waals surface area (Å²) >= 11 is 5.16. The summed E-state index contributed by atoms with van der Waals surface area (Å²) in [5, 5.41) is 9.31. The van der Waals surface area contributed by atoms with Crippen LogP contribution in [0, 0.1) is 12.8 Å².